The molecule has 0 aliphatic rings. The van der Waals surface area contributed by atoms with Crippen LogP contribution in [0.25, 0.3) is 0 Å². The fourth-order valence-corrected chi connectivity index (χ4v) is 1.09. The summed E-state index contributed by atoms with van der Waals surface area (Å²) in [5.41, 5.74) is 6.64. The summed E-state index contributed by atoms with van der Waals surface area (Å²) in [7, 11) is 0. The number of aliphatic imine (C=N–C) groups is 1. The van der Waals surface area contributed by atoms with Crippen LogP contribution in [0.4, 0.5) is 0 Å². The third-order valence-electron chi connectivity index (χ3n) is 2.01. The highest BCUT2D eigenvalue weighted by Gasteiger charge is 1.95. The molecule has 0 saturated heterocycles. The number of nitrogens with two attached hydrogens (primary N) is 1. The van der Waals surface area contributed by atoms with E-state index in [2.05, 4.69) is 34.4 Å². The van der Waals surface area contributed by atoms with E-state index in [0.29, 0.717) is 18.4 Å². The van der Waals surface area contributed by atoms with Crippen molar-refractivity contribution in [3.05, 3.63) is 18.0 Å². The van der Waals surface area contributed by atoms with Crippen LogP contribution in [0.5, 0.6) is 0 Å². The molecule has 0 atom stereocenters. The zero-order valence-electron chi connectivity index (χ0n) is 9.33. The standard InChI is InChI=1S/C10H19N5/c1-8(2)3-5-12-10(11)13-7-9-4-6-14-15-9/h4,6,8H,3,5,7H2,1-2H3,(H,14,15)(H3,11,12,13). The molecule has 0 radical (unpaired) electrons. The largest absolute Gasteiger partial charge is 0.370 e. The molecule has 5 nitrogen and oxygen atoms in total. The van der Waals surface area contributed by atoms with Gasteiger partial charge in [-0.3, -0.25) is 5.10 Å². The summed E-state index contributed by atoms with van der Waals surface area (Å²) in [4.78, 5) is 4.18. The molecule has 0 aliphatic carbocycles. The minimum absolute atomic E-state index is 0.491. The van der Waals surface area contributed by atoms with Crippen molar-refractivity contribution in [2.75, 3.05) is 6.54 Å². The van der Waals surface area contributed by atoms with Gasteiger partial charge >= 0.3 is 0 Å². The minimum Gasteiger partial charge on any atom is -0.370 e. The first-order valence-corrected chi connectivity index (χ1v) is 5.20. The van der Waals surface area contributed by atoms with Gasteiger partial charge in [0.25, 0.3) is 0 Å². The van der Waals surface area contributed by atoms with Gasteiger partial charge in [0.15, 0.2) is 5.96 Å². The predicted molar refractivity (Wildman–Crippen MR) is 61.4 cm³/mol. The molecule has 0 unspecified atom stereocenters. The van der Waals surface area contributed by atoms with Crippen LogP contribution in [0.3, 0.4) is 0 Å². The second kappa shape index (κ2) is 6.06. The van der Waals surface area contributed by atoms with Gasteiger partial charge in [0.1, 0.15) is 0 Å². The number of H-pyrrole nitrogens is 1. The van der Waals surface area contributed by atoms with Crippen LogP contribution in [-0.4, -0.2) is 22.7 Å². The molecule has 1 heterocycles. The number of nitrogens with one attached hydrogen (secondary N) is 2. The molecule has 5 heteroatoms. The first-order chi connectivity index (χ1) is 7.18. The predicted octanol–water partition coefficient (Wildman–Crippen LogP) is 0.860. The fraction of sp³-hybridized carbons (Fsp3) is 0.600. The van der Waals surface area contributed by atoms with Crippen LogP contribution in [0.15, 0.2) is 17.3 Å². The smallest absolute Gasteiger partial charge is 0.188 e. The van der Waals surface area contributed by atoms with Crippen molar-refractivity contribution >= 4 is 5.96 Å². The van der Waals surface area contributed by atoms with Crippen molar-refractivity contribution in [1.29, 1.82) is 0 Å². The minimum atomic E-state index is 0.491. The molecule has 0 aromatic carbocycles. The van der Waals surface area contributed by atoms with Gasteiger partial charge in [-0.2, -0.15) is 5.10 Å². The van der Waals surface area contributed by atoms with Gasteiger partial charge in [-0.15, -0.1) is 0 Å². The van der Waals surface area contributed by atoms with Gasteiger partial charge in [-0.1, -0.05) is 13.8 Å². The zero-order chi connectivity index (χ0) is 11.1. The van der Waals surface area contributed by atoms with Crippen molar-refractivity contribution < 1.29 is 0 Å². The Bertz CT molecular complexity index is 289. The highest BCUT2D eigenvalue weighted by molar-refractivity contribution is 5.77. The highest BCUT2D eigenvalue weighted by atomic mass is 15.1. The highest BCUT2D eigenvalue weighted by Crippen LogP contribution is 1.96. The normalized spacial score (nSPS) is 12.1. The summed E-state index contributed by atoms with van der Waals surface area (Å²) < 4.78 is 0. The lowest BCUT2D eigenvalue weighted by atomic mass is 10.1. The van der Waals surface area contributed by atoms with E-state index in [0.717, 1.165) is 18.7 Å². The summed E-state index contributed by atoms with van der Waals surface area (Å²) >= 11 is 0. The maximum absolute atomic E-state index is 5.68. The second-order valence-electron chi connectivity index (χ2n) is 3.89. The van der Waals surface area contributed by atoms with E-state index in [1.165, 1.54) is 0 Å². The van der Waals surface area contributed by atoms with E-state index in [1.54, 1.807) is 6.20 Å². The Balaban J connectivity index is 2.21. The molecule has 0 amide bonds. The Labute approximate surface area is 90.2 Å². The first kappa shape index (κ1) is 11.6. The van der Waals surface area contributed by atoms with Crippen molar-refractivity contribution in [3.63, 3.8) is 0 Å². The summed E-state index contributed by atoms with van der Waals surface area (Å²) in [5, 5.41) is 9.73. The zero-order valence-corrected chi connectivity index (χ0v) is 9.33. The van der Waals surface area contributed by atoms with E-state index in [1.807, 2.05) is 6.07 Å². The van der Waals surface area contributed by atoms with Crippen LogP contribution in [0.1, 0.15) is 26.0 Å². The second-order valence-corrected chi connectivity index (χ2v) is 3.89. The molecule has 1 aromatic rings. The van der Waals surface area contributed by atoms with E-state index in [4.69, 9.17) is 5.73 Å². The number of hydrogen-bond donors (Lipinski definition) is 3. The average molecular weight is 209 g/mol. The Morgan fingerprint density at radius 2 is 2.47 bits per heavy atom. The Kier molecular flexibility index (Phi) is 4.66. The number of guanidine groups is 1. The summed E-state index contributed by atoms with van der Waals surface area (Å²) in [6, 6.07) is 1.88. The van der Waals surface area contributed by atoms with Crippen LogP contribution in [-0.2, 0) is 6.54 Å². The van der Waals surface area contributed by atoms with Gasteiger partial charge in [-0.05, 0) is 18.4 Å². The van der Waals surface area contributed by atoms with Gasteiger partial charge in [0.05, 0.1) is 12.2 Å². The lowest BCUT2D eigenvalue weighted by Gasteiger charge is -2.06. The van der Waals surface area contributed by atoms with E-state index in [9.17, 15) is 0 Å². The number of aromatic nitrogens is 2. The van der Waals surface area contributed by atoms with E-state index >= 15 is 0 Å². The molecule has 1 rings (SSSR count). The number of rotatable bonds is 5. The Morgan fingerprint density at radius 1 is 1.67 bits per heavy atom. The van der Waals surface area contributed by atoms with Crippen molar-refractivity contribution in [2.45, 2.75) is 26.8 Å². The third kappa shape index (κ3) is 5.05. The molecular formula is C10H19N5. The molecule has 15 heavy (non-hydrogen) atoms. The summed E-state index contributed by atoms with van der Waals surface area (Å²) in [5.74, 6) is 1.17. The molecule has 0 fully saturated rings. The van der Waals surface area contributed by atoms with Crippen molar-refractivity contribution in [3.8, 4) is 0 Å². The van der Waals surface area contributed by atoms with E-state index < -0.39 is 0 Å². The number of aromatic amines is 1. The lowest BCUT2D eigenvalue weighted by molar-refractivity contribution is 0.576. The molecule has 4 N–H and O–H groups in total. The SMILES string of the molecule is CC(C)CCNC(N)=NCc1ccn[nH]1. The lowest BCUT2D eigenvalue weighted by Crippen LogP contribution is -2.32. The van der Waals surface area contributed by atoms with Gasteiger partial charge in [0.2, 0.25) is 0 Å². The Hall–Kier alpha value is -1.52. The topological polar surface area (TPSA) is 79.1 Å². The van der Waals surface area contributed by atoms with Crippen LogP contribution in [0.2, 0.25) is 0 Å². The van der Waals surface area contributed by atoms with E-state index in [-0.39, 0.29) is 0 Å². The average Bonchev–Trinajstić information content (AvgIpc) is 2.66. The Morgan fingerprint density at radius 3 is 3.07 bits per heavy atom. The van der Waals surface area contributed by atoms with Crippen LogP contribution < -0.4 is 11.1 Å². The number of nitrogens with zero attached hydrogens (tertiary/aromatic N) is 2. The monoisotopic (exact) mass is 209 g/mol. The molecule has 0 spiro atoms. The number of hydrogen-bond acceptors (Lipinski definition) is 2. The fourth-order valence-electron chi connectivity index (χ4n) is 1.09. The molecule has 0 bridgehead atoms. The van der Waals surface area contributed by atoms with Crippen molar-refractivity contribution in [1.82, 2.24) is 15.5 Å². The van der Waals surface area contributed by atoms with Crippen molar-refractivity contribution in [2.24, 2.45) is 16.6 Å². The quantitative estimate of drug-likeness (QED) is 0.497. The third-order valence-corrected chi connectivity index (χ3v) is 2.01. The van der Waals surface area contributed by atoms with Gasteiger partial charge < -0.3 is 11.1 Å². The summed E-state index contributed by atoms with van der Waals surface area (Å²) in [6.07, 6.45) is 2.80. The molecular weight excluding hydrogens is 190 g/mol. The molecule has 1 aromatic heterocycles. The summed E-state index contributed by atoms with van der Waals surface area (Å²) in [6.45, 7) is 5.77. The van der Waals surface area contributed by atoms with Crippen LogP contribution in [0, 0.1) is 5.92 Å². The first-order valence-electron chi connectivity index (χ1n) is 5.20. The maximum Gasteiger partial charge on any atom is 0.188 e. The molecule has 0 saturated carbocycles. The van der Waals surface area contributed by atoms with Crippen LogP contribution >= 0.6 is 0 Å². The van der Waals surface area contributed by atoms with Gasteiger partial charge in [-0.25, -0.2) is 4.99 Å². The molecule has 0 aliphatic heterocycles. The van der Waals surface area contributed by atoms with Gasteiger partial charge in [0, 0.05) is 12.7 Å². The maximum atomic E-state index is 5.68. The molecule has 84 valence electrons.